The molecular weight excluding hydrogens is 451 g/mol. The first kappa shape index (κ1) is 24.8. The molecule has 4 rings (SSSR count). The van der Waals surface area contributed by atoms with E-state index >= 15 is 0 Å². The minimum Gasteiger partial charge on any atom is -0.379 e. The van der Waals surface area contributed by atoms with Crippen molar-refractivity contribution in [1.82, 2.24) is 9.80 Å². The lowest BCUT2D eigenvalue weighted by atomic mass is 10.1. The van der Waals surface area contributed by atoms with E-state index in [0.717, 1.165) is 24.2 Å². The largest absolute Gasteiger partial charge is 0.379 e. The lowest BCUT2D eigenvalue weighted by molar-refractivity contribution is -0.128. The zero-order valence-electron chi connectivity index (χ0n) is 19.9. The van der Waals surface area contributed by atoms with E-state index in [9.17, 15) is 18.8 Å². The minimum absolute atomic E-state index is 0.0123. The zero-order valence-corrected chi connectivity index (χ0v) is 19.9. The van der Waals surface area contributed by atoms with Gasteiger partial charge in [-0.1, -0.05) is 29.8 Å². The van der Waals surface area contributed by atoms with Crippen LogP contribution >= 0.6 is 0 Å². The number of aryl methyl sites for hydroxylation is 1. The van der Waals surface area contributed by atoms with Crippen molar-refractivity contribution >= 4 is 29.1 Å². The van der Waals surface area contributed by atoms with Crippen molar-refractivity contribution in [2.75, 3.05) is 50.0 Å². The maximum Gasteiger partial charge on any atom is 0.229 e. The Bertz CT molecular complexity index is 1070. The summed E-state index contributed by atoms with van der Waals surface area (Å²) in [6.45, 7) is 6.20. The van der Waals surface area contributed by atoms with Crippen molar-refractivity contribution in [2.45, 2.75) is 26.3 Å². The number of benzene rings is 2. The Hall–Kier alpha value is -3.30. The Balaban J connectivity index is 1.30. The molecule has 0 aromatic heterocycles. The first-order valence-electron chi connectivity index (χ1n) is 11.9. The van der Waals surface area contributed by atoms with Crippen molar-refractivity contribution in [1.29, 1.82) is 0 Å². The lowest BCUT2D eigenvalue weighted by Crippen LogP contribution is -2.38. The standard InChI is InChI=1S/C26H31FN4O4/c1-18-2-4-19(5-3-18)16-31-17-20(14-25(31)33)26(34)28-21-6-7-22(27)23(15-21)29-24(32)8-9-30-10-12-35-13-11-30/h2-7,15,20H,8-14,16-17H2,1H3,(H,28,34)(H,29,32). The van der Waals surface area contributed by atoms with E-state index in [1.807, 2.05) is 31.2 Å². The van der Waals surface area contributed by atoms with Gasteiger partial charge in [0.1, 0.15) is 5.82 Å². The summed E-state index contributed by atoms with van der Waals surface area (Å²) in [5.41, 5.74) is 2.53. The third-order valence-electron chi connectivity index (χ3n) is 6.35. The monoisotopic (exact) mass is 482 g/mol. The summed E-state index contributed by atoms with van der Waals surface area (Å²) in [5.74, 6) is -1.75. The number of halogens is 1. The highest BCUT2D eigenvalue weighted by Gasteiger charge is 2.34. The number of anilines is 2. The van der Waals surface area contributed by atoms with Gasteiger partial charge in [0, 0.05) is 51.3 Å². The second kappa shape index (κ2) is 11.4. The van der Waals surface area contributed by atoms with Crippen LogP contribution in [0.5, 0.6) is 0 Å². The molecule has 35 heavy (non-hydrogen) atoms. The molecule has 8 nitrogen and oxygen atoms in total. The first-order valence-corrected chi connectivity index (χ1v) is 11.9. The van der Waals surface area contributed by atoms with Gasteiger partial charge in [0.15, 0.2) is 0 Å². The van der Waals surface area contributed by atoms with Crippen molar-refractivity contribution in [2.24, 2.45) is 5.92 Å². The van der Waals surface area contributed by atoms with Gasteiger partial charge in [-0.15, -0.1) is 0 Å². The molecule has 0 saturated carbocycles. The molecule has 9 heteroatoms. The first-order chi connectivity index (χ1) is 16.9. The Morgan fingerprint density at radius 2 is 1.83 bits per heavy atom. The van der Waals surface area contributed by atoms with Crippen LogP contribution < -0.4 is 10.6 Å². The second-order valence-corrected chi connectivity index (χ2v) is 9.10. The summed E-state index contributed by atoms with van der Waals surface area (Å²) in [7, 11) is 0. The van der Waals surface area contributed by atoms with Crippen molar-refractivity contribution in [3.63, 3.8) is 0 Å². The van der Waals surface area contributed by atoms with Crippen LogP contribution in [-0.2, 0) is 25.7 Å². The molecule has 186 valence electrons. The predicted octanol–water partition coefficient (Wildman–Crippen LogP) is 2.78. The summed E-state index contributed by atoms with van der Waals surface area (Å²) in [4.78, 5) is 41.4. The van der Waals surface area contributed by atoms with Gasteiger partial charge in [-0.25, -0.2) is 4.39 Å². The third kappa shape index (κ3) is 6.86. The fourth-order valence-electron chi connectivity index (χ4n) is 4.25. The van der Waals surface area contributed by atoms with Crippen LogP contribution in [0.4, 0.5) is 15.8 Å². The number of amides is 3. The van der Waals surface area contributed by atoms with Crippen LogP contribution in [0.2, 0.25) is 0 Å². The van der Waals surface area contributed by atoms with Crippen LogP contribution in [0.25, 0.3) is 0 Å². The van der Waals surface area contributed by atoms with Gasteiger partial charge in [-0.05, 0) is 30.7 Å². The van der Waals surface area contributed by atoms with Crippen molar-refractivity contribution in [3.8, 4) is 0 Å². The maximum atomic E-state index is 14.3. The highest BCUT2D eigenvalue weighted by Crippen LogP contribution is 2.24. The van der Waals surface area contributed by atoms with E-state index in [2.05, 4.69) is 15.5 Å². The number of nitrogens with zero attached hydrogens (tertiary/aromatic N) is 2. The molecule has 3 amide bonds. The third-order valence-corrected chi connectivity index (χ3v) is 6.35. The predicted molar refractivity (Wildman–Crippen MR) is 130 cm³/mol. The Morgan fingerprint density at radius 3 is 2.57 bits per heavy atom. The summed E-state index contributed by atoms with van der Waals surface area (Å²) in [6, 6.07) is 12.0. The fraction of sp³-hybridized carbons (Fsp3) is 0.423. The van der Waals surface area contributed by atoms with Crippen LogP contribution in [0.3, 0.4) is 0 Å². The summed E-state index contributed by atoms with van der Waals surface area (Å²) < 4.78 is 19.6. The molecule has 0 radical (unpaired) electrons. The van der Waals surface area contributed by atoms with Gasteiger partial charge in [-0.3, -0.25) is 19.3 Å². The van der Waals surface area contributed by atoms with Crippen LogP contribution in [0.15, 0.2) is 42.5 Å². The van der Waals surface area contributed by atoms with Crippen LogP contribution in [-0.4, -0.2) is 66.9 Å². The molecule has 2 heterocycles. The van der Waals surface area contributed by atoms with Crippen LogP contribution in [0.1, 0.15) is 24.0 Å². The van der Waals surface area contributed by atoms with Gasteiger partial charge in [-0.2, -0.15) is 0 Å². The average Bonchev–Trinajstić information content (AvgIpc) is 3.22. The van der Waals surface area contributed by atoms with E-state index in [4.69, 9.17) is 4.74 Å². The van der Waals surface area contributed by atoms with E-state index < -0.39 is 11.7 Å². The number of carbonyl (C=O) groups is 3. The molecule has 2 aromatic rings. The van der Waals surface area contributed by atoms with E-state index in [1.165, 1.54) is 18.2 Å². The lowest BCUT2D eigenvalue weighted by Gasteiger charge is -2.26. The summed E-state index contributed by atoms with van der Waals surface area (Å²) >= 11 is 0. The highest BCUT2D eigenvalue weighted by atomic mass is 19.1. The molecule has 0 spiro atoms. The Morgan fingerprint density at radius 1 is 1.09 bits per heavy atom. The minimum atomic E-state index is -0.581. The number of hydrogen-bond donors (Lipinski definition) is 2. The normalized spacial score (nSPS) is 18.5. The highest BCUT2D eigenvalue weighted by molar-refractivity contribution is 5.98. The molecule has 1 atom stereocenters. The molecule has 2 aliphatic heterocycles. The molecule has 2 aromatic carbocycles. The number of nitrogens with one attached hydrogen (secondary N) is 2. The van der Waals surface area contributed by atoms with Gasteiger partial charge in [0.2, 0.25) is 17.7 Å². The Labute approximate surface area is 204 Å². The average molecular weight is 483 g/mol. The molecule has 2 aliphatic rings. The molecule has 2 saturated heterocycles. The maximum absolute atomic E-state index is 14.3. The number of rotatable bonds is 8. The van der Waals surface area contributed by atoms with Crippen LogP contribution in [0, 0.1) is 18.7 Å². The number of likely N-dealkylation sites (tertiary alicyclic amines) is 1. The number of morpholine rings is 1. The topological polar surface area (TPSA) is 91.0 Å². The SMILES string of the molecule is Cc1ccc(CN2CC(C(=O)Nc3ccc(F)c(NC(=O)CCN4CCOCC4)c3)CC2=O)cc1. The molecule has 0 bridgehead atoms. The van der Waals surface area contributed by atoms with E-state index in [1.54, 1.807) is 4.90 Å². The van der Waals surface area contributed by atoms with Gasteiger partial charge in [0.05, 0.1) is 24.8 Å². The smallest absolute Gasteiger partial charge is 0.229 e. The van der Waals surface area contributed by atoms with Crippen molar-refractivity contribution < 1.29 is 23.5 Å². The molecule has 2 N–H and O–H groups in total. The molecular formula is C26H31FN4O4. The van der Waals surface area contributed by atoms with Gasteiger partial charge in [0.25, 0.3) is 0 Å². The van der Waals surface area contributed by atoms with Gasteiger partial charge < -0.3 is 20.3 Å². The number of hydrogen-bond acceptors (Lipinski definition) is 5. The second-order valence-electron chi connectivity index (χ2n) is 9.10. The van der Waals surface area contributed by atoms with Gasteiger partial charge >= 0.3 is 0 Å². The molecule has 0 aliphatic carbocycles. The fourth-order valence-corrected chi connectivity index (χ4v) is 4.25. The molecule has 2 fully saturated rings. The Kier molecular flexibility index (Phi) is 8.09. The summed E-state index contributed by atoms with van der Waals surface area (Å²) in [5, 5.41) is 5.36. The molecule has 1 unspecified atom stereocenters. The quantitative estimate of drug-likeness (QED) is 0.604. The van der Waals surface area contributed by atoms with E-state index in [-0.39, 0.29) is 36.3 Å². The van der Waals surface area contributed by atoms with Crippen molar-refractivity contribution in [3.05, 3.63) is 59.4 Å². The zero-order chi connectivity index (χ0) is 24.8. The number of ether oxygens (including phenoxy) is 1. The number of carbonyl (C=O) groups excluding carboxylic acids is 3. The summed E-state index contributed by atoms with van der Waals surface area (Å²) in [6.07, 6.45) is 0.362. The van der Waals surface area contributed by atoms with E-state index in [0.29, 0.717) is 38.5 Å².